The molecule has 0 saturated carbocycles. The van der Waals surface area contributed by atoms with Crippen molar-refractivity contribution in [2.75, 3.05) is 43.6 Å². The molecule has 4 heterocycles. The summed E-state index contributed by atoms with van der Waals surface area (Å²) in [6.45, 7) is 3.01. The maximum Gasteiger partial charge on any atom is 0.180 e. The molecule has 0 bridgehead atoms. The SMILES string of the molecule is COc1cc(Nc2nc(-c3cc4[nH]ncc4cc3F)cn3ccnc23)ccc1N1CCOCC1. The number of aromatic amines is 1. The summed E-state index contributed by atoms with van der Waals surface area (Å²) in [4.78, 5) is 11.4. The summed E-state index contributed by atoms with van der Waals surface area (Å²) in [5.74, 6) is 0.884. The summed E-state index contributed by atoms with van der Waals surface area (Å²) in [6.07, 6.45) is 6.84. The first kappa shape index (κ1) is 20.4. The molecule has 1 saturated heterocycles. The Morgan fingerprint density at radius 2 is 2.06 bits per heavy atom. The lowest BCUT2D eigenvalue weighted by molar-refractivity contribution is 0.122. The average molecular weight is 459 g/mol. The normalized spacial score (nSPS) is 14.1. The first-order valence-electron chi connectivity index (χ1n) is 10.9. The quantitative estimate of drug-likeness (QED) is 0.410. The molecule has 1 aliphatic heterocycles. The fourth-order valence-electron chi connectivity index (χ4n) is 4.26. The van der Waals surface area contributed by atoms with Crippen LogP contribution in [0.1, 0.15) is 0 Å². The summed E-state index contributed by atoms with van der Waals surface area (Å²) < 4.78 is 27.9. The molecular weight excluding hydrogens is 437 g/mol. The highest BCUT2D eigenvalue weighted by molar-refractivity contribution is 5.84. The van der Waals surface area contributed by atoms with Gasteiger partial charge in [-0.1, -0.05) is 0 Å². The topological polar surface area (TPSA) is 92.6 Å². The van der Waals surface area contributed by atoms with E-state index in [0.717, 1.165) is 35.7 Å². The van der Waals surface area contributed by atoms with Crippen LogP contribution in [0.2, 0.25) is 0 Å². The van der Waals surface area contributed by atoms with E-state index in [4.69, 9.17) is 14.5 Å². The minimum Gasteiger partial charge on any atom is -0.495 e. The van der Waals surface area contributed by atoms with Crippen molar-refractivity contribution >= 4 is 33.7 Å². The zero-order valence-corrected chi connectivity index (χ0v) is 18.5. The van der Waals surface area contributed by atoms with Gasteiger partial charge in [-0.3, -0.25) is 5.10 Å². The number of methoxy groups -OCH3 is 1. The Balaban J connectivity index is 1.39. The summed E-state index contributed by atoms with van der Waals surface area (Å²) in [5, 5.41) is 10.9. The maximum atomic E-state index is 14.9. The number of aromatic nitrogens is 5. The van der Waals surface area contributed by atoms with Gasteiger partial charge >= 0.3 is 0 Å². The van der Waals surface area contributed by atoms with E-state index < -0.39 is 0 Å². The number of hydrogen-bond donors (Lipinski definition) is 2. The van der Waals surface area contributed by atoms with Crippen molar-refractivity contribution in [2.24, 2.45) is 0 Å². The van der Waals surface area contributed by atoms with Crippen LogP contribution in [-0.2, 0) is 4.74 Å². The molecule has 0 aliphatic carbocycles. The van der Waals surface area contributed by atoms with Gasteiger partial charge in [0, 0.05) is 54.4 Å². The smallest absolute Gasteiger partial charge is 0.180 e. The molecule has 0 atom stereocenters. The number of halogens is 1. The number of morpholine rings is 1. The number of anilines is 3. The van der Waals surface area contributed by atoms with E-state index in [2.05, 4.69) is 25.4 Å². The van der Waals surface area contributed by atoms with E-state index in [9.17, 15) is 4.39 Å². The lowest BCUT2D eigenvalue weighted by atomic mass is 10.1. The Bertz CT molecular complexity index is 1490. The minimum atomic E-state index is -0.372. The lowest BCUT2D eigenvalue weighted by Crippen LogP contribution is -2.36. The van der Waals surface area contributed by atoms with Gasteiger partial charge in [0.1, 0.15) is 11.6 Å². The zero-order valence-electron chi connectivity index (χ0n) is 18.5. The predicted octanol–water partition coefficient (Wildman–Crippen LogP) is 4.00. The van der Waals surface area contributed by atoms with Gasteiger partial charge in [0.25, 0.3) is 0 Å². The van der Waals surface area contributed by atoms with E-state index in [-0.39, 0.29) is 5.82 Å². The first-order valence-corrected chi connectivity index (χ1v) is 10.9. The standard InChI is InChI=1S/C24H22FN7O2/c1-33-22-11-16(2-3-21(22)31-6-8-34-9-7-31)28-23-24-26-4-5-32(24)14-20(29-23)17-12-19-15(10-18(17)25)13-27-30-19/h2-5,10-14H,6-9H2,1H3,(H,27,30)(H,28,29). The van der Waals surface area contributed by atoms with Crippen molar-refractivity contribution in [1.82, 2.24) is 24.6 Å². The van der Waals surface area contributed by atoms with Crippen molar-refractivity contribution in [2.45, 2.75) is 0 Å². The Morgan fingerprint density at radius 1 is 1.18 bits per heavy atom. The number of nitrogens with zero attached hydrogens (tertiary/aromatic N) is 5. The average Bonchev–Trinajstić information content (AvgIpc) is 3.53. The third kappa shape index (κ3) is 3.57. The van der Waals surface area contributed by atoms with Gasteiger partial charge in [-0.25, -0.2) is 14.4 Å². The second kappa shape index (κ2) is 8.31. The number of nitrogens with one attached hydrogen (secondary N) is 2. The maximum absolute atomic E-state index is 14.9. The second-order valence-electron chi connectivity index (χ2n) is 8.03. The summed E-state index contributed by atoms with van der Waals surface area (Å²) >= 11 is 0. The molecule has 9 nitrogen and oxygen atoms in total. The summed E-state index contributed by atoms with van der Waals surface area (Å²) in [6, 6.07) is 9.09. The van der Waals surface area contributed by atoms with Crippen molar-refractivity contribution < 1.29 is 13.9 Å². The number of imidazole rings is 1. The summed E-state index contributed by atoms with van der Waals surface area (Å²) in [7, 11) is 1.66. The molecule has 1 fully saturated rings. The van der Waals surface area contributed by atoms with E-state index in [1.54, 1.807) is 38.0 Å². The fourth-order valence-corrected chi connectivity index (χ4v) is 4.26. The number of fused-ring (bicyclic) bond motifs is 2. The number of hydrogen-bond acceptors (Lipinski definition) is 7. The van der Waals surface area contributed by atoms with Crippen LogP contribution in [0.4, 0.5) is 21.6 Å². The van der Waals surface area contributed by atoms with Crippen molar-refractivity contribution in [3.8, 4) is 17.0 Å². The van der Waals surface area contributed by atoms with Crippen LogP contribution < -0.4 is 15.0 Å². The van der Waals surface area contributed by atoms with Gasteiger partial charge in [-0.15, -0.1) is 0 Å². The third-order valence-corrected chi connectivity index (χ3v) is 5.97. The highest BCUT2D eigenvalue weighted by Gasteiger charge is 2.18. The molecule has 3 aromatic heterocycles. The van der Waals surface area contributed by atoms with Crippen molar-refractivity contribution in [1.29, 1.82) is 0 Å². The molecule has 2 aromatic carbocycles. The third-order valence-electron chi connectivity index (χ3n) is 5.97. The zero-order chi connectivity index (χ0) is 23.1. The minimum absolute atomic E-state index is 0.371. The van der Waals surface area contributed by atoms with Crippen molar-refractivity contribution in [3.63, 3.8) is 0 Å². The molecule has 0 amide bonds. The van der Waals surface area contributed by atoms with Crippen LogP contribution in [0.25, 0.3) is 27.8 Å². The van der Waals surface area contributed by atoms with Crippen LogP contribution >= 0.6 is 0 Å². The molecule has 5 aromatic rings. The molecule has 6 rings (SSSR count). The van der Waals surface area contributed by atoms with Crippen LogP contribution in [0, 0.1) is 5.82 Å². The van der Waals surface area contributed by atoms with Gasteiger partial charge in [0.15, 0.2) is 11.5 Å². The van der Waals surface area contributed by atoms with Gasteiger partial charge in [-0.05, 0) is 24.3 Å². The molecule has 10 heteroatoms. The molecule has 2 N–H and O–H groups in total. The van der Waals surface area contributed by atoms with Gasteiger partial charge in [-0.2, -0.15) is 5.10 Å². The van der Waals surface area contributed by atoms with Gasteiger partial charge in [0.05, 0.1) is 43.4 Å². The Kier molecular flexibility index (Phi) is 4.99. The van der Waals surface area contributed by atoms with Gasteiger partial charge < -0.3 is 24.1 Å². The first-order chi connectivity index (χ1) is 16.7. The Morgan fingerprint density at radius 3 is 2.91 bits per heavy atom. The largest absolute Gasteiger partial charge is 0.495 e. The Hall–Kier alpha value is -4.18. The molecule has 34 heavy (non-hydrogen) atoms. The molecule has 1 aliphatic rings. The van der Waals surface area contributed by atoms with E-state index in [0.29, 0.717) is 41.3 Å². The molecule has 0 radical (unpaired) electrons. The van der Waals surface area contributed by atoms with Gasteiger partial charge in [0.2, 0.25) is 0 Å². The Labute approximate surface area is 194 Å². The number of benzene rings is 2. The van der Waals surface area contributed by atoms with E-state index in [1.807, 2.05) is 22.6 Å². The van der Waals surface area contributed by atoms with E-state index >= 15 is 0 Å². The number of rotatable bonds is 5. The van der Waals surface area contributed by atoms with Crippen LogP contribution in [0.15, 0.2) is 55.1 Å². The predicted molar refractivity (Wildman–Crippen MR) is 127 cm³/mol. The van der Waals surface area contributed by atoms with Crippen molar-refractivity contribution in [3.05, 3.63) is 60.9 Å². The second-order valence-corrected chi connectivity index (χ2v) is 8.03. The van der Waals surface area contributed by atoms with Crippen LogP contribution in [-0.4, -0.2) is 58.0 Å². The highest BCUT2D eigenvalue weighted by atomic mass is 19.1. The number of H-pyrrole nitrogens is 1. The molecule has 0 spiro atoms. The van der Waals surface area contributed by atoms with Crippen LogP contribution in [0.3, 0.4) is 0 Å². The monoisotopic (exact) mass is 459 g/mol. The summed E-state index contributed by atoms with van der Waals surface area (Å²) in [5.41, 5.74) is 4.01. The van der Waals surface area contributed by atoms with Crippen LogP contribution in [0.5, 0.6) is 5.75 Å². The number of ether oxygens (including phenoxy) is 2. The molecule has 172 valence electrons. The fraction of sp³-hybridized carbons (Fsp3) is 0.208. The molecule has 0 unspecified atom stereocenters. The lowest BCUT2D eigenvalue weighted by Gasteiger charge is -2.30. The van der Waals surface area contributed by atoms with E-state index in [1.165, 1.54) is 6.07 Å². The highest BCUT2D eigenvalue weighted by Crippen LogP contribution is 2.34. The molecular formula is C24H22FN7O2.